The first-order valence-corrected chi connectivity index (χ1v) is 7.07. The average molecular weight is 244 g/mol. The van der Waals surface area contributed by atoms with Gasteiger partial charge in [-0.25, -0.2) is 0 Å². The third-order valence-corrected chi connectivity index (χ3v) is 3.57. The molecule has 1 atom stereocenters. The molecule has 0 aliphatic carbocycles. The van der Waals surface area contributed by atoms with Crippen molar-refractivity contribution in [3.63, 3.8) is 0 Å². The van der Waals surface area contributed by atoms with Gasteiger partial charge in [-0.15, -0.1) is 0 Å². The molecule has 0 heterocycles. The summed E-state index contributed by atoms with van der Waals surface area (Å²) in [6.45, 7) is 5.71. The Labute approximate surface area is 104 Å². The van der Waals surface area contributed by atoms with Crippen LogP contribution in [-0.2, 0) is 4.74 Å². The highest BCUT2D eigenvalue weighted by molar-refractivity contribution is 7.99. The summed E-state index contributed by atoms with van der Waals surface area (Å²) in [6, 6.07) is 2.35. The molecule has 0 aliphatic rings. The van der Waals surface area contributed by atoms with E-state index in [4.69, 9.17) is 10.00 Å². The van der Waals surface area contributed by atoms with Crippen LogP contribution in [0.1, 0.15) is 33.1 Å². The number of thioether (sulfide) groups is 1. The number of methoxy groups -OCH3 is 1. The molecule has 4 heteroatoms. The first-order valence-electron chi connectivity index (χ1n) is 5.91. The van der Waals surface area contributed by atoms with Crippen LogP contribution >= 0.6 is 11.8 Å². The van der Waals surface area contributed by atoms with Crippen molar-refractivity contribution in [2.45, 2.75) is 38.6 Å². The Balaban J connectivity index is 3.46. The highest BCUT2D eigenvalue weighted by Gasteiger charge is 2.20. The Morgan fingerprint density at radius 3 is 2.62 bits per heavy atom. The van der Waals surface area contributed by atoms with E-state index in [1.807, 2.05) is 25.6 Å². The molecule has 0 spiro atoms. The number of nitrogens with one attached hydrogen (secondary N) is 1. The highest BCUT2D eigenvalue weighted by Crippen LogP contribution is 2.14. The van der Waals surface area contributed by atoms with Gasteiger partial charge in [0.25, 0.3) is 0 Å². The van der Waals surface area contributed by atoms with Crippen molar-refractivity contribution in [1.29, 1.82) is 5.26 Å². The molecule has 1 unspecified atom stereocenters. The number of rotatable bonds is 10. The van der Waals surface area contributed by atoms with E-state index < -0.39 is 0 Å². The van der Waals surface area contributed by atoms with Crippen LogP contribution in [-0.4, -0.2) is 37.3 Å². The van der Waals surface area contributed by atoms with E-state index >= 15 is 0 Å². The molecule has 0 aliphatic heterocycles. The molecule has 0 rings (SSSR count). The SMILES string of the molecule is CCNC(C)(C#N)CCCSCCCOC. The lowest BCUT2D eigenvalue weighted by Crippen LogP contribution is -2.40. The Morgan fingerprint density at radius 1 is 1.38 bits per heavy atom. The number of hydrogen-bond donors (Lipinski definition) is 1. The zero-order valence-corrected chi connectivity index (χ0v) is 11.5. The first kappa shape index (κ1) is 15.8. The Bertz CT molecular complexity index is 206. The molecular weight excluding hydrogens is 220 g/mol. The minimum atomic E-state index is -0.345. The average Bonchev–Trinajstić information content (AvgIpc) is 2.28. The summed E-state index contributed by atoms with van der Waals surface area (Å²) in [5, 5.41) is 12.3. The van der Waals surface area contributed by atoms with Crippen molar-refractivity contribution in [1.82, 2.24) is 5.32 Å². The van der Waals surface area contributed by atoms with E-state index in [-0.39, 0.29) is 5.54 Å². The van der Waals surface area contributed by atoms with Gasteiger partial charge in [0.15, 0.2) is 0 Å². The predicted molar refractivity (Wildman–Crippen MR) is 70.7 cm³/mol. The van der Waals surface area contributed by atoms with E-state index in [1.54, 1.807) is 7.11 Å². The fourth-order valence-electron chi connectivity index (χ4n) is 1.51. The lowest BCUT2D eigenvalue weighted by molar-refractivity contribution is 0.200. The third kappa shape index (κ3) is 7.98. The van der Waals surface area contributed by atoms with E-state index in [0.717, 1.165) is 43.9 Å². The smallest absolute Gasteiger partial charge is 0.103 e. The van der Waals surface area contributed by atoms with E-state index in [1.165, 1.54) is 0 Å². The van der Waals surface area contributed by atoms with E-state index in [0.29, 0.717) is 0 Å². The van der Waals surface area contributed by atoms with Crippen LogP contribution in [0, 0.1) is 11.3 Å². The molecule has 0 aromatic rings. The van der Waals surface area contributed by atoms with Crippen LogP contribution < -0.4 is 5.32 Å². The number of nitriles is 1. The van der Waals surface area contributed by atoms with E-state index in [9.17, 15) is 0 Å². The molecule has 0 fully saturated rings. The maximum Gasteiger partial charge on any atom is 0.103 e. The largest absolute Gasteiger partial charge is 0.385 e. The summed E-state index contributed by atoms with van der Waals surface area (Å²) in [4.78, 5) is 0. The maximum absolute atomic E-state index is 9.05. The van der Waals surface area contributed by atoms with Crippen LogP contribution in [0.15, 0.2) is 0 Å². The Hall–Kier alpha value is -0.240. The molecule has 0 saturated carbocycles. The minimum absolute atomic E-state index is 0.345. The Morgan fingerprint density at radius 2 is 2.06 bits per heavy atom. The van der Waals surface area contributed by atoms with Gasteiger partial charge in [0.2, 0.25) is 0 Å². The van der Waals surface area contributed by atoms with Gasteiger partial charge in [-0.05, 0) is 44.2 Å². The minimum Gasteiger partial charge on any atom is -0.385 e. The molecule has 0 aromatic carbocycles. The van der Waals surface area contributed by atoms with Crippen LogP contribution in [0.4, 0.5) is 0 Å². The van der Waals surface area contributed by atoms with Gasteiger partial charge in [0.1, 0.15) is 5.54 Å². The number of hydrogen-bond acceptors (Lipinski definition) is 4. The second-order valence-corrected chi connectivity index (χ2v) is 5.26. The lowest BCUT2D eigenvalue weighted by Gasteiger charge is -2.22. The number of ether oxygens (including phenoxy) is 1. The normalized spacial score (nSPS) is 14.4. The molecule has 0 radical (unpaired) electrons. The Kier molecular flexibility index (Phi) is 9.80. The zero-order valence-electron chi connectivity index (χ0n) is 10.7. The molecular formula is C12H24N2OS. The molecule has 0 bridgehead atoms. The highest BCUT2D eigenvalue weighted by atomic mass is 32.2. The second kappa shape index (κ2) is 9.95. The maximum atomic E-state index is 9.05. The van der Waals surface area contributed by atoms with Crippen LogP contribution in [0.2, 0.25) is 0 Å². The second-order valence-electron chi connectivity index (χ2n) is 4.04. The lowest BCUT2D eigenvalue weighted by atomic mass is 9.98. The van der Waals surface area contributed by atoms with Crippen molar-refractivity contribution >= 4 is 11.8 Å². The molecule has 0 amide bonds. The van der Waals surface area contributed by atoms with Gasteiger partial charge in [-0.2, -0.15) is 17.0 Å². The summed E-state index contributed by atoms with van der Waals surface area (Å²) in [7, 11) is 1.74. The summed E-state index contributed by atoms with van der Waals surface area (Å²) in [5.41, 5.74) is -0.345. The van der Waals surface area contributed by atoms with Gasteiger partial charge < -0.3 is 4.74 Å². The van der Waals surface area contributed by atoms with Gasteiger partial charge in [-0.3, -0.25) is 5.32 Å². The molecule has 94 valence electrons. The van der Waals surface area contributed by atoms with Crippen molar-refractivity contribution in [2.24, 2.45) is 0 Å². The number of nitrogens with zero attached hydrogens (tertiary/aromatic N) is 1. The van der Waals surface area contributed by atoms with Gasteiger partial charge in [0.05, 0.1) is 6.07 Å². The van der Waals surface area contributed by atoms with Crippen molar-refractivity contribution in [3.05, 3.63) is 0 Å². The summed E-state index contributed by atoms with van der Waals surface area (Å²) < 4.78 is 4.99. The third-order valence-electron chi connectivity index (χ3n) is 2.42. The summed E-state index contributed by atoms with van der Waals surface area (Å²) in [6.07, 6.45) is 3.13. The summed E-state index contributed by atoms with van der Waals surface area (Å²) >= 11 is 1.95. The van der Waals surface area contributed by atoms with Gasteiger partial charge in [0, 0.05) is 13.7 Å². The van der Waals surface area contributed by atoms with Crippen LogP contribution in [0.25, 0.3) is 0 Å². The fraction of sp³-hybridized carbons (Fsp3) is 0.917. The predicted octanol–water partition coefficient (Wildman–Crippen LogP) is 2.43. The monoisotopic (exact) mass is 244 g/mol. The van der Waals surface area contributed by atoms with Crippen LogP contribution in [0.3, 0.4) is 0 Å². The molecule has 3 nitrogen and oxygen atoms in total. The molecule has 0 aromatic heterocycles. The molecule has 16 heavy (non-hydrogen) atoms. The van der Waals surface area contributed by atoms with Gasteiger partial charge in [-0.1, -0.05) is 6.92 Å². The van der Waals surface area contributed by atoms with Crippen molar-refractivity contribution < 1.29 is 4.74 Å². The van der Waals surface area contributed by atoms with Crippen molar-refractivity contribution in [3.8, 4) is 6.07 Å². The zero-order chi connectivity index (χ0) is 12.3. The van der Waals surface area contributed by atoms with E-state index in [2.05, 4.69) is 11.4 Å². The van der Waals surface area contributed by atoms with Gasteiger partial charge >= 0.3 is 0 Å². The standard InChI is InChI=1S/C12H24N2OS/c1-4-14-12(2,11-13)7-5-9-16-10-6-8-15-3/h14H,4-10H2,1-3H3. The molecule has 1 N–H and O–H groups in total. The van der Waals surface area contributed by atoms with Crippen LogP contribution in [0.5, 0.6) is 0 Å². The quantitative estimate of drug-likeness (QED) is 0.600. The topological polar surface area (TPSA) is 45.0 Å². The molecule has 0 saturated heterocycles. The first-order chi connectivity index (χ1) is 7.68. The van der Waals surface area contributed by atoms with Crippen molar-refractivity contribution in [2.75, 3.05) is 31.8 Å². The fourth-order valence-corrected chi connectivity index (χ4v) is 2.38. The summed E-state index contributed by atoms with van der Waals surface area (Å²) in [5.74, 6) is 2.28.